The third-order valence-corrected chi connectivity index (χ3v) is 5.11. The molecule has 28 heavy (non-hydrogen) atoms. The highest BCUT2D eigenvalue weighted by Gasteiger charge is 2.24. The summed E-state index contributed by atoms with van der Waals surface area (Å²) in [7, 11) is 0. The van der Waals surface area contributed by atoms with E-state index in [0.29, 0.717) is 24.8 Å². The van der Waals surface area contributed by atoms with E-state index in [0.717, 1.165) is 24.3 Å². The fraction of sp³-hybridized carbons (Fsp3) is 0.381. The van der Waals surface area contributed by atoms with Crippen LogP contribution in [0.1, 0.15) is 42.9 Å². The summed E-state index contributed by atoms with van der Waals surface area (Å²) in [6.45, 7) is 1.96. The largest absolute Gasteiger partial charge is 0.454 e. The number of aromatic nitrogens is 1. The highest BCUT2D eigenvalue weighted by atomic mass is 16.7. The third kappa shape index (κ3) is 4.48. The maximum absolute atomic E-state index is 12.2. The zero-order chi connectivity index (χ0) is 19.2. The second kappa shape index (κ2) is 8.84. The monoisotopic (exact) mass is 380 g/mol. The lowest BCUT2D eigenvalue weighted by molar-refractivity contribution is -0.121. The maximum atomic E-state index is 12.2. The quantitative estimate of drug-likeness (QED) is 0.616. The van der Waals surface area contributed by atoms with Crippen LogP contribution in [0.15, 0.2) is 47.8 Å². The van der Waals surface area contributed by atoms with Gasteiger partial charge in [-0.2, -0.15) is 5.10 Å². The number of hydrazone groups is 1. The normalized spacial score (nSPS) is 19.1. The highest BCUT2D eigenvalue weighted by molar-refractivity contribution is 5.83. The second-order valence-electron chi connectivity index (χ2n) is 6.99. The average Bonchev–Trinajstić information content (AvgIpc) is 3.21. The fourth-order valence-electron chi connectivity index (χ4n) is 3.68. The minimum atomic E-state index is -0.0903. The first-order chi connectivity index (χ1) is 13.8. The van der Waals surface area contributed by atoms with Crippen LogP contribution in [0.3, 0.4) is 0 Å². The molecule has 2 aliphatic rings. The third-order valence-electron chi connectivity index (χ3n) is 5.11. The molecule has 3 heterocycles. The number of rotatable bonds is 6. The summed E-state index contributed by atoms with van der Waals surface area (Å²) in [6, 6.07) is 9.97. The number of pyridine rings is 1. The van der Waals surface area contributed by atoms with Crippen LogP contribution in [0.5, 0.6) is 11.5 Å². The first-order valence-corrected chi connectivity index (χ1v) is 9.65. The van der Waals surface area contributed by atoms with E-state index in [9.17, 15) is 4.79 Å². The van der Waals surface area contributed by atoms with Gasteiger partial charge in [0, 0.05) is 31.4 Å². The molecule has 1 fully saturated rings. The molecule has 4 rings (SSSR count). The Morgan fingerprint density at radius 1 is 1.29 bits per heavy atom. The molecule has 0 saturated carbocycles. The Bertz CT molecular complexity index is 841. The number of fused-ring (bicyclic) bond motifs is 1. The molecule has 1 aromatic carbocycles. The van der Waals surface area contributed by atoms with Crippen molar-refractivity contribution in [3.05, 3.63) is 53.9 Å². The molecular formula is C21H24N4O3. The van der Waals surface area contributed by atoms with Crippen LogP contribution in [-0.4, -0.2) is 41.9 Å². The van der Waals surface area contributed by atoms with E-state index in [4.69, 9.17) is 9.47 Å². The number of likely N-dealkylation sites (tertiary alicyclic amines) is 1. The average molecular weight is 380 g/mol. The Balaban J connectivity index is 1.27. The Morgan fingerprint density at radius 3 is 3.11 bits per heavy atom. The lowest BCUT2D eigenvalue weighted by atomic mass is 9.96. The van der Waals surface area contributed by atoms with Gasteiger partial charge in [-0.25, -0.2) is 5.43 Å². The zero-order valence-electron chi connectivity index (χ0n) is 15.7. The number of hydrogen-bond acceptors (Lipinski definition) is 6. The van der Waals surface area contributed by atoms with Crippen molar-refractivity contribution in [1.82, 2.24) is 15.3 Å². The minimum absolute atomic E-state index is 0.0903. The van der Waals surface area contributed by atoms with Crippen LogP contribution in [0.4, 0.5) is 0 Å². The highest BCUT2D eigenvalue weighted by Crippen LogP contribution is 2.32. The Hall–Kier alpha value is -2.93. The molecule has 1 amide bonds. The smallest absolute Gasteiger partial charge is 0.241 e. The summed E-state index contributed by atoms with van der Waals surface area (Å²) in [4.78, 5) is 18.8. The van der Waals surface area contributed by atoms with Crippen LogP contribution in [0.2, 0.25) is 0 Å². The first kappa shape index (κ1) is 18.4. The van der Waals surface area contributed by atoms with E-state index < -0.39 is 0 Å². The molecule has 0 aliphatic carbocycles. The molecule has 1 unspecified atom stereocenters. The lowest BCUT2D eigenvalue weighted by Crippen LogP contribution is -2.36. The summed E-state index contributed by atoms with van der Waals surface area (Å²) in [6.07, 6.45) is 9.23. The number of benzene rings is 1. The summed E-state index contributed by atoms with van der Waals surface area (Å²) in [5.74, 6) is 1.33. The second-order valence-corrected chi connectivity index (χ2v) is 6.99. The Kier molecular flexibility index (Phi) is 5.82. The number of carbonyl (C=O) groups excluding carboxylic acids is 1. The van der Waals surface area contributed by atoms with E-state index in [1.807, 2.05) is 30.5 Å². The van der Waals surface area contributed by atoms with Gasteiger partial charge in [0.2, 0.25) is 12.7 Å². The number of piperidine rings is 1. The van der Waals surface area contributed by atoms with Crippen molar-refractivity contribution in [2.75, 3.05) is 19.9 Å². The molecule has 0 bridgehead atoms. The van der Waals surface area contributed by atoms with E-state index >= 15 is 0 Å². The van der Waals surface area contributed by atoms with Crippen molar-refractivity contribution in [2.45, 2.75) is 31.7 Å². The predicted molar refractivity (Wildman–Crippen MR) is 105 cm³/mol. The van der Waals surface area contributed by atoms with Gasteiger partial charge in [0.1, 0.15) is 0 Å². The molecule has 1 aromatic heterocycles. The molecule has 1 saturated heterocycles. The molecule has 2 aliphatic heterocycles. The summed E-state index contributed by atoms with van der Waals surface area (Å²) in [5.41, 5.74) is 4.68. The van der Waals surface area contributed by atoms with Gasteiger partial charge in [-0.05, 0) is 54.8 Å². The molecule has 0 spiro atoms. The van der Waals surface area contributed by atoms with Crippen LogP contribution >= 0.6 is 0 Å². The summed E-state index contributed by atoms with van der Waals surface area (Å²) in [5, 5.41) is 4.06. The molecule has 2 aromatic rings. The number of hydrogen-bond donors (Lipinski definition) is 1. The van der Waals surface area contributed by atoms with Crippen molar-refractivity contribution < 1.29 is 14.3 Å². The SMILES string of the molecule is O=C(CCN1CCCCC1c1cccnc1)NN=Cc1ccc2c(c1)OCO2. The van der Waals surface area contributed by atoms with E-state index in [1.165, 1.54) is 18.4 Å². The van der Waals surface area contributed by atoms with Gasteiger partial charge in [-0.1, -0.05) is 12.5 Å². The van der Waals surface area contributed by atoms with Crippen molar-refractivity contribution in [3.63, 3.8) is 0 Å². The van der Waals surface area contributed by atoms with Gasteiger partial charge in [0.15, 0.2) is 11.5 Å². The maximum Gasteiger partial charge on any atom is 0.241 e. The summed E-state index contributed by atoms with van der Waals surface area (Å²) >= 11 is 0. The minimum Gasteiger partial charge on any atom is -0.454 e. The summed E-state index contributed by atoms with van der Waals surface area (Å²) < 4.78 is 10.6. The van der Waals surface area contributed by atoms with Gasteiger partial charge in [-0.15, -0.1) is 0 Å². The zero-order valence-corrected chi connectivity index (χ0v) is 15.7. The van der Waals surface area contributed by atoms with E-state index in [-0.39, 0.29) is 12.7 Å². The van der Waals surface area contributed by atoms with Gasteiger partial charge in [0.25, 0.3) is 0 Å². The van der Waals surface area contributed by atoms with Gasteiger partial charge >= 0.3 is 0 Å². The fourth-order valence-corrected chi connectivity index (χ4v) is 3.68. The lowest BCUT2D eigenvalue weighted by Gasteiger charge is -2.35. The standard InChI is InChI=1S/C21H24N4O3/c26-21(24-23-13-16-6-7-19-20(12-16)28-15-27-19)8-11-25-10-2-1-5-18(25)17-4-3-9-22-14-17/h3-4,6-7,9,12-14,18H,1-2,5,8,10-11,15H2,(H,24,26). The Morgan fingerprint density at radius 2 is 2.21 bits per heavy atom. The van der Waals surface area contributed by atoms with Crippen LogP contribution in [0, 0.1) is 0 Å². The molecule has 7 nitrogen and oxygen atoms in total. The van der Waals surface area contributed by atoms with E-state index in [1.54, 1.807) is 12.4 Å². The molecule has 1 atom stereocenters. The first-order valence-electron chi connectivity index (χ1n) is 9.65. The van der Waals surface area contributed by atoms with Crippen LogP contribution in [0.25, 0.3) is 0 Å². The number of ether oxygens (including phenoxy) is 2. The predicted octanol–water partition coefficient (Wildman–Crippen LogP) is 2.88. The number of nitrogens with one attached hydrogen (secondary N) is 1. The van der Waals surface area contributed by atoms with Gasteiger partial charge in [-0.3, -0.25) is 14.7 Å². The van der Waals surface area contributed by atoms with E-state index in [2.05, 4.69) is 26.5 Å². The number of nitrogens with zero attached hydrogens (tertiary/aromatic N) is 3. The van der Waals surface area contributed by atoms with Crippen LogP contribution in [-0.2, 0) is 4.79 Å². The topological polar surface area (TPSA) is 76.1 Å². The number of amides is 1. The van der Waals surface area contributed by atoms with Crippen LogP contribution < -0.4 is 14.9 Å². The van der Waals surface area contributed by atoms with Gasteiger partial charge in [0.05, 0.1) is 6.21 Å². The molecule has 7 heteroatoms. The van der Waals surface area contributed by atoms with Crippen molar-refractivity contribution in [3.8, 4) is 11.5 Å². The molecular weight excluding hydrogens is 356 g/mol. The molecule has 0 radical (unpaired) electrons. The van der Waals surface area contributed by atoms with Gasteiger partial charge < -0.3 is 9.47 Å². The van der Waals surface area contributed by atoms with Crippen molar-refractivity contribution in [1.29, 1.82) is 0 Å². The van der Waals surface area contributed by atoms with Crippen molar-refractivity contribution >= 4 is 12.1 Å². The Labute approximate surface area is 164 Å². The number of carbonyl (C=O) groups is 1. The molecule has 1 N–H and O–H groups in total. The molecule has 146 valence electrons. The van der Waals surface area contributed by atoms with Crippen molar-refractivity contribution in [2.24, 2.45) is 5.10 Å².